The van der Waals surface area contributed by atoms with Gasteiger partial charge in [0.2, 0.25) is 17.2 Å². The Bertz CT molecular complexity index is 336. The van der Waals surface area contributed by atoms with Gasteiger partial charge in [-0.25, -0.2) is 0 Å². The lowest BCUT2D eigenvalue weighted by Crippen LogP contribution is -2.10. The van der Waals surface area contributed by atoms with E-state index in [1.807, 2.05) is 0 Å². The van der Waals surface area contributed by atoms with Gasteiger partial charge in [0.15, 0.2) is 0 Å². The lowest BCUT2D eigenvalue weighted by Gasteiger charge is -2.06. The van der Waals surface area contributed by atoms with E-state index in [1.54, 1.807) is 7.05 Å². The minimum Gasteiger partial charge on any atom is -0.381 e. The summed E-state index contributed by atoms with van der Waals surface area (Å²) in [5.74, 6) is 0.930. The van der Waals surface area contributed by atoms with E-state index in [1.165, 1.54) is 0 Å². The average molecular weight is 260 g/mol. The van der Waals surface area contributed by atoms with Gasteiger partial charge >= 0.3 is 0 Å². The minimum absolute atomic E-state index is 0.175. The minimum atomic E-state index is 0.175. The fraction of sp³-hybridized carbons (Fsp3) is 0.700. The summed E-state index contributed by atoms with van der Waals surface area (Å²) in [6, 6.07) is 0. The lowest BCUT2D eigenvalue weighted by atomic mass is 10.4. The zero-order valence-corrected chi connectivity index (χ0v) is 10.9. The van der Waals surface area contributed by atoms with Crippen LogP contribution in [0.1, 0.15) is 19.8 Å². The standard InChI is InChI=1S/C10H18ClN5O/c1-3-6-17-7-4-5-13-10-15-8(11)14-9(12-2)16-10/h3-7H2,1-2H3,(H2,12,13,14,15,16). The first-order chi connectivity index (χ1) is 8.26. The van der Waals surface area contributed by atoms with Gasteiger partial charge in [0.25, 0.3) is 0 Å². The molecule has 0 aliphatic carbocycles. The van der Waals surface area contributed by atoms with Gasteiger partial charge in [-0.1, -0.05) is 6.92 Å². The highest BCUT2D eigenvalue weighted by Gasteiger charge is 2.02. The molecule has 0 aromatic carbocycles. The SMILES string of the molecule is CCCOCCCNc1nc(Cl)nc(NC)n1. The summed E-state index contributed by atoms with van der Waals surface area (Å²) in [6.07, 6.45) is 1.94. The van der Waals surface area contributed by atoms with E-state index < -0.39 is 0 Å². The highest BCUT2D eigenvalue weighted by molar-refractivity contribution is 6.28. The second kappa shape index (κ2) is 8.03. The second-order valence-electron chi connectivity index (χ2n) is 3.39. The third kappa shape index (κ3) is 5.65. The van der Waals surface area contributed by atoms with Crippen LogP contribution >= 0.6 is 11.6 Å². The highest BCUT2D eigenvalue weighted by atomic mass is 35.5. The molecule has 0 radical (unpaired) electrons. The van der Waals surface area contributed by atoms with Gasteiger partial charge in [-0.3, -0.25) is 0 Å². The molecule has 0 amide bonds. The summed E-state index contributed by atoms with van der Waals surface area (Å²) < 4.78 is 5.36. The smallest absolute Gasteiger partial charge is 0.228 e. The van der Waals surface area contributed by atoms with Crippen molar-refractivity contribution in [1.82, 2.24) is 15.0 Å². The molecule has 0 atom stereocenters. The summed E-state index contributed by atoms with van der Waals surface area (Å²) in [5.41, 5.74) is 0. The van der Waals surface area contributed by atoms with Crippen LogP contribution in [0.5, 0.6) is 0 Å². The quantitative estimate of drug-likeness (QED) is 0.694. The maximum Gasteiger partial charge on any atom is 0.228 e. The number of rotatable bonds is 8. The number of nitrogens with zero attached hydrogens (tertiary/aromatic N) is 3. The first-order valence-corrected chi connectivity index (χ1v) is 6.05. The molecule has 1 rings (SSSR count). The van der Waals surface area contributed by atoms with Gasteiger partial charge in [0.05, 0.1) is 0 Å². The van der Waals surface area contributed by atoms with Gasteiger partial charge in [0, 0.05) is 26.8 Å². The van der Waals surface area contributed by atoms with Gasteiger partial charge in [-0.15, -0.1) is 0 Å². The Balaban J connectivity index is 2.28. The maximum absolute atomic E-state index is 5.74. The van der Waals surface area contributed by atoms with Crippen LogP contribution < -0.4 is 10.6 Å². The summed E-state index contributed by atoms with van der Waals surface area (Å²) >= 11 is 5.74. The van der Waals surface area contributed by atoms with Gasteiger partial charge < -0.3 is 15.4 Å². The van der Waals surface area contributed by atoms with Crippen molar-refractivity contribution in [1.29, 1.82) is 0 Å². The molecule has 0 aliphatic rings. The molecule has 0 saturated heterocycles. The third-order valence-corrected chi connectivity index (χ3v) is 2.10. The molecule has 1 heterocycles. The first kappa shape index (κ1) is 13.9. The maximum atomic E-state index is 5.74. The monoisotopic (exact) mass is 259 g/mol. The Labute approximate surface area is 106 Å². The lowest BCUT2D eigenvalue weighted by molar-refractivity contribution is 0.134. The molecule has 0 bridgehead atoms. The van der Waals surface area contributed by atoms with Crippen molar-refractivity contribution >= 4 is 23.5 Å². The fourth-order valence-electron chi connectivity index (χ4n) is 1.16. The predicted molar refractivity (Wildman–Crippen MR) is 68.6 cm³/mol. The Morgan fingerprint density at radius 2 is 1.94 bits per heavy atom. The number of ether oxygens (including phenoxy) is 1. The van der Waals surface area contributed by atoms with E-state index in [0.717, 1.165) is 32.6 Å². The predicted octanol–water partition coefficient (Wildman–Crippen LogP) is 1.80. The summed E-state index contributed by atoms with van der Waals surface area (Å²) in [6.45, 7) is 4.37. The van der Waals surface area contributed by atoms with Crippen LogP contribution in [0.15, 0.2) is 0 Å². The molecule has 0 fully saturated rings. The summed E-state index contributed by atoms with van der Waals surface area (Å²) in [5, 5.41) is 6.06. The van der Waals surface area contributed by atoms with Crippen LogP contribution in [0.2, 0.25) is 5.28 Å². The Morgan fingerprint density at radius 3 is 2.65 bits per heavy atom. The molecule has 1 aromatic rings. The van der Waals surface area contributed by atoms with Gasteiger partial charge in [0.1, 0.15) is 0 Å². The summed E-state index contributed by atoms with van der Waals surface area (Å²) in [4.78, 5) is 12.0. The normalized spacial score (nSPS) is 10.3. The van der Waals surface area contributed by atoms with E-state index in [2.05, 4.69) is 32.5 Å². The molecule has 0 unspecified atom stereocenters. The van der Waals surface area contributed by atoms with Crippen molar-refractivity contribution in [3.05, 3.63) is 5.28 Å². The Morgan fingerprint density at radius 1 is 1.18 bits per heavy atom. The topological polar surface area (TPSA) is 72.0 Å². The van der Waals surface area contributed by atoms with Crippen molar-refractivity contribution in [2.24, 2.45) is 0 Å². The molecular formula is C10H18ClN5O. The zero-order valence-electron chi connectivity index (χ0n) is 10.2. The van der Waals surface area contributed by atoms with Crippen LogP contribution in [0.4, 0.5) is 11.9 Å². The number of hydrogen-bond acceptors (Lipinski definition) is 6. The molecule has 0 saturated carbocycles. The number of aromatic nitrogens is 3. The van der Waals surface area contributed by atoms with Crippen LogP contribution in [0, 0.1) is 0 Å². The molecular weight excluding hydrogens is 242 g/mol. The van der Waals surface area contributed by atoms with E-state index in [0.29, 0.717) is 11.9 Å². The van der Waals surface area contributed by atoms with Crippen molar-refractivity contribution in [2.45, 2.75) is 19.8 Å². The largest absolute Gasteiger partial charge is 0.381 e. The second-order valence-corrected chi connectivity index (χ2v) is 3.73. The van der Waals surface area contributed by atoms with Crippen LogP contribution in [0.25, 0.3) is 0 Å². The van der Waals surface area contributed by atoms with Crippen LogP contribution in [-0.2, 0) is 4.74 Å². The molecule has 2 N–H and O–H groups in total. The molecule has 6 nitrogen and oxygen atoms in total. The van der Waals surface area contributed by atoms with Crippen LogP contribution in [0.3, 0.4) is 0 Å². The van der Waals surface area contributed by atoms with E-state index in [4.69, 9.17) is 16.3 Å². The van der Waals surface area contributed by atoms with E-state index >= 15 is 0 Å². The van der Waals surface area contributed by atoms with Gasteiger partial charge in [-0.05, 0) is 24.4 Å². The van der Waals surface area contributed by atoms with E-state index in [9.17, 15) is 0 Å². The first-order valence-electron chi connectivity index (χ1n) is 5.67. The van der Waals surface area contributed by atoms with Crippen molar-refractivity contribution in [3.63, 3.8) is 0 Å². The van der Waals surface area contributed by atoms with Crippen molar-refractivity contribution in [2.75, 3.05) is 37.4 Å². The molecule has 17 heavy (non-hydrogen) atoms. The highest BCUT2D eigenvalue weighted by Crippen LogP contribution is 2.08. The molecule has 0 aliphatic heterocycles. The Kier molecular flexibility index (Phi) is 6.57. The average Bonchev–Trinajstić information content (AvgIpc) is 2.33. The number of halogens is 1. The molecule has 7 heteroatoms. The number of anilines is 2. The van der Waals surface area contributed by atoms with E-state index in [-0.39, 0.29) is 5.28 Å². The summed E-state index contributed by atoms with van der Waals surface area (Å²) in [7, 11) is 1.73. The fourth-order valence-corrected chi connectivity index (χ4v) is 1.32. The molecule has 1 aromatic heterocycles. The van der Waals surface area contributed by atoms with Crippen LogP contribution in [-0.4, -0.2) is 41.8 Å². The molecule has 96 valence electrons. The van der Waals surface area contributed by atoms with Crippen molar-refractivity contribution in [3.8, 4) is 0 Å². The number of hydrogen-bond donors (Lipinski definition) is 2. The van der Waals surface area contributed by atoms with Gasteiger partial charge in [-0.2, -0.15) is 15.0 Å². The third-order valence-electron chi connectivity index (χ3n) is 1.93. The van der Waals surface area contributed by atoms with Crippen molar-refractivity contribution < 1.29 is 4.74 Å². The number of nitrogens with one attached hydrogen (secondary N) is 2. The molecule has 0 spiro atoms. The zero-order chi connectivity index (χ0) is 12.5. The Hall–Kier alpha value is -1.14.